The molecule has 14 heavy (non-hydrogen) atoms. The van der Waals surface area contributed by atoms with Gasteiger partial charge in [0.25, 0.3) is 0 Å². The summed E-state index contributed by atoms with van der Waals surface area (Å²) in [6, 6.07) is 3.88. The van der Waals surface area contributed by atoms with Crippen LogP contribution in [0.5, 0.6) is 0 Å². The molecule has 0 unspecified atom stereocenters. The summed E-state index contributed by atoms with van der Waals surface area (Å²) < 4.78 is 1.96. The third-order valence-electron chi connectivity index (χ3n) is 2.06. The number of pyridine rings is 1. The third kappa shape index (κ3) is 1.52. The van der Waals surface area contributed by atoms with Crippen molar-refractivity contribution in [3.8, 4) is 11.4 Å². The van der Waals surface area contributed by atoms with Gasteiger partial charge in [0, 0.05) is 37.7 Å². The van der Waals surface area contributed by atoms with Crippen molar-refractivity contribution in [1.29, 1.82) is 0 Å². The fourth-order valence-corrected chi connectivity index (χ4v) is 1.39. The lowest BCUT2D eigenvalue weighted by molar-refractivity contribution is 0.920. The van der Waals surface area contributed by atoms with Crippen LogP contribution in [0, 0.1) is 0 Å². The van der Waals surface area contributed by atoms with E-state index in [0.717, 1.165) is 17.1 Å². The number of aryl methyl sites for hydroxylation is 1. The fraction of sp³-hybridized carbons (Fsp3) is 0.200. The van der Waals surface area contributed by atoms with Crippen LogP contribution in [0.3, 0.4) is 0 Å². The Balaban J connectivity index is 2.46. The molecule has 0 bridgehead atoms. The van der Waals surface area contributed by atoms with E-state index >= 15 is 0 Å². The monoisotopic (exact) mass is 188 g/mol. The number of nitrogens with two attached hydrogens (primary N) is 1. The van der Waals surface area contributed by atoms with Gasteiger partial charge in [0.15, 0.2) is 0 Å². The van der Waals surface area contributed by atoms with Gasteiger partial charge in [-0.2, -0.15) is 0 Å². The lowest BCUT2D eigenvalue weighted by Gasteiger charge is -1.98. The van der Waals surface area contributed by atoms with Crippen LogP contribution in [0.1, 0.15) is 5.69 Å². The molecule has 2 heterocycles. The topological polar surface area (TPSA) is 56.7 Å². The maximum Gasteiger partial charge on any atom is 0.141 e. The fourth-order valence-electron chi connectivity index (χ4n) is 1.39. The van der Waals surface area contributed by atoms with Crippen LogP contribution in [-0.2, 0) is 13.6 Å². The number of rotatable bonds is 2. The van der Waals surface area contributed by atoms with Gasteiger partial charge >= 0.3 is 0 Å². The molecule has 2 aromatic heterocycles. The number of aromatic nitrogens is 3. The zero-order valence-corrected chi connectivity index (χ0v) is 8.01. The molecule has 4 heteroatoms. The second-order valence-corrected chi connectivity index (χ2v) is 3.11. The molecule has 0 aliphatic rings. The summed E-state index contributed by atoms with van der Waals surface area (Å²) in [4.78, 5) is 8.45. The second kappa shape index (κ2) is 3.59. The molecule has 0 radical (unpaired) electrons. The number of hydrogen-bond acceptors (Lipinski definition) is 3. The molecule has 4 nitrogen and oxygen atoms in total. The van der Waals surface area contributed by atoms with Gasteiger partial charge in [0.05, 0.1) is 5.69 Å². The van der Waals surface area contributed by atoms with E-state index in [9.17, 15) is 0 Å². The predicted molar refractivity (Wildman–Crippen MR) is 54.3 cm³/mol. The van der Waals surface area contributed by atoms with E-state index in [1.54, 1.807) is 12.4 Å². The Morgan fingerprint density at radius 2 is 2.36 bits per heavy atom. The lowest BCUT2D eigenvalue weighted by Crippen LogP contribution is -1.95. The van der Waals surface area contributed by atoms with Crippen molar-refractivity contribution < 1.29 is 0 Å². The molecule has 0 spiro atoms. The first-order valence-corrected chi connectivity index (χ1v) is 4.44. The molecule has 0 aromatic carbocycles. The van der Waals surface area contributed by atoms with Crippen LogP contribution in [0.4, 0.5) is 0 Å². The van der Waals surface area contributed by atoms with E-state index in [1.807, 2.05) is 29.9 Å². The largest absolute Gasteiger partial charge is 0.334 e. The molecular formula is C10H12N4. The van der Waals surface area contributed by atoms with E-state index in [4.69, 9.17) is 5.73 Å². The highest BCUT2D eigenvalue weighted by Gasteiger charge is 2.05. The average Bonchev–Trinajstić information content (AvgIpc) is 2.61. The molecule has 0 amide bonds. The standard InChI is InChI=1S/C10H12N4/c1-14-7-9(5-11)13-10(14)8-3-2-4-12-6-8/h2-4,6-7H,5,11H2,1H3. The Hall–Kier alpha value is -1.68. The summed E-state index contributed by atoms with van der Waals surface area (Å²) in [5.74, 6) is 0.901. The van der Waals surface area contributed by atoms with Crippen LogP contribution in [0.2, 0.25) is 0 Å². The molecular weight excluding hydrogens is 176 g/mol. The minimum absolute atomic E-state index is 0.466. The zero-order valence-electron chi connectivity index (χ0n) is 8.01. The van der Waals surface area contributed by atoms with Crippen molar-refractivity contribution in [2.75, 3.05) is 0 Å². The van der Waals surface area contributed by atoms with Gasteiger partial charge in [-0.1, -0.05) is 0 Å². The van der Waals surface area contributed by atoms with Crippen LogP contribution >= 0.6 is 0 Å². The molecule has 2 N–H and O–H groups in total. The molecule has 0 aliphatic carbocycles. The van der Waals surface area contributed by atoms with Crippen molar-refractivity contribution >= 4 is 0 Å². The van der Waals surface area contributed by atoms with Crippen molar-refractivity contribution in [2.24, 2.45) is 12.8 Å². The van der Waals surface area contributed by atoms with Gasteiger partial charge < -0.3 is 10.3 Å². The summed E-state index contributed by atoms with van der Waals surface area (Å²) in [5, 5.41) is 0. The second-order valence-electron chi connectivity index (χ2n) is 3.11. The summed E-state index contributed by atoms with van der Waals surface area (Å²) in [5.41, 5.74) is 7.42. The number of imidazole rings is 1. The molecule has 0 atom stereocenters. The normalized spacial score (nSPS) is 10.4. The molecule has 0 saturated carbocycles. The van der Waals surface area contributed by atoms with Gasteiger partial charge in [0.2, 0.25) is 0 Å². The predicted octanol–water partition coefficient (Wildman–Crippen LogP) is 0.941. The van der Waals surface area contributed by atoms with Gasteiger partial charge in [-0.25, -0.2) is 4.98 Å². The molecule has 0 fully saturated rings. The van der Waals surface area contributed by atoms with Crippen LogP contribution in [0.25, 0.3) is 11.4 Å². The van der Waals surface area contributed by atoms with E-state index in [1.165, 1.54) is 0 Å². The van der Waals surface area contributed by atoms with E-state index in [0.29, 0.717) is 6.54 Å². The highest BCUT2D eigenvalue weighted by molar-refractivity contribution is 5.54. The number of nitrogens with zero attached hydrogens (tertiary/aromatic N) is 3. The minimum Gasteiger partial charge on any atom is -0.334 e. The van der Waals surface area contributed by atoms with Gasteiger partial charge in [-0.05, 0) is 12.1 Å². The first-order chi connectivity index (χ1) is 6.81. The number of hydrogen-bond donors (Lipinski definition) is 1. The van der Waals surface area contributed by atoms with E-state index in [-0.39, 0.29) is 0 Å². The third-order valence-corrected chi connectivity index (χ3v) is 2.06. The van der Waals surface area contributed by atoms with E-state index in [2.05, 4.69) is 9.97 Å². The highest BCUT2D eigenvalue weighted by atomic mass is 15.1. The van der Waals surface area contributed by atoms with Gasteiger partial charge in [0.1, 0.15) is 5.82 Å². The quantitative estimate of drug-likeness (QED) is 0.763. The molecule has 0 saturated heterocycles. The maximum atomic E-state index is 5.52. The Morgan fingerprint density at radius 3 is 2.93 bits per heavy atom. The maximum absolute atomic E-state index is 5.52. The minimum atomic E-state index is 0.466. The van der Waals surface area contributed by atoms with E-state index < -0.39 is 0 Å². The Labute approximate surface area is 82.4 Å². The first-order valence-electron chi connectivity index (χ1n) is 4.44. The molecule has 72 valence electrons. The SMILES string of the molecule is Cn1cc(CN)nc1-c1cccnc1. The van der Waals surface area contributed by atoms with Crippen molar-refractivity contribution in [1.82, 2.24) is 14.5 Å². The first kappa shape index (κ1) is 8.90. The smallest absolute Gasteiger partial charge is 0.141 e. The van der Waals surface area contributed by atoms with Crippen LogP contribution < -0.4 is 5.73 Å². The van der Waals surface area contributed by atoms with Crippen molar-refractivity contribution in [3.05, 3.63) is 36.4 Å². The average molecular weight is 188 g/mol. The van der Waals surface area contributed by atoms with Crippen LogP contribution in [0.15, 0.2) is 30.7 Å². The molecule has 0 aliphatic heterocycles. The van der Waals surface area contributed by atoms with Gasteiger partial charge in [-0.3, -0.25) is 4.98 Å². The Kier molecular flexibility index (Phi) is 2.28. The highest BCUT2D eigenvalue weighted by Crippen LogP contribution is 2.15. The van der Waals surface area contributed by atoms with Crippen LogP contribution in [-0.4, -0.2) is 14.5 Å². The molecule has 2 rings (SSSR count). The Morgan fingerprint density at radius 1 is 1.50 bits per heavy atom. The molecule has 2 aromatic rings. The lowest BCUT2D eigenvalue weighted by atomic mass is 10.3. The van der Waals surface area contributed by atoms with Crippen molar-refractivity contribution in [3.63, 3.8) is 0 Å². The summed E-state index contributed by atoms with van der Waals surface area (Å²) >= 11 is 0. The van der Waals surface area contributed by atoms with Gasteiger partial charge in [-0.15, -0.1) is 0 Å². The summed E-state index contributed by atoms with van der Waals surface area (Å²) in [6.07, 6.45) is 5.47. The van der Waals surface area contributed by atoms with Crippen molar-refractivity contribution in [2.45, 2.75) is 6.54 Å². The summed E-state index contributed by atoms with van der Waals surface area (Å²) in [6.45, 7) is 0.466. The Bertz CT molecular complexity index is 419. The summed E-state index contributed by atoms with van der Waals surface area (Å²) in [7, 11) is 1.95. The zero-order chi connectivity index (χ0) is 9.97.